The Labute approximate surface area is 108 Å². The number of hydrogen-bond acceptors (Lipinski definition) is 3. The van der Waals surface area contributed by atoms with Crippen LogP contribution in [-0.2, 0) is 11.3 Å². The van der Waals surface area contributed by atoms with Crippen molar-refractivity contribution in [2.45, 2.75) is 32.4 Å². The Morgan fingerprint density at radius 3 is 2.89 bits per heavy atom. The number of piperidine rings is 1. The zero-order chi connectivity index (χ0) is 13.0. The van der Waals surface area contributed by atoms with Crippen LogP contribution in [0.4, 0.5) is 0 Å². The van der Waals surface area contributed by atoms with Gasteiger partial charge in [0.05, 0.1) is 6.04 Å². The predicted molar refractivity (Wildman–Crippen MR) is 70.9 cm³/mol. The second kappa shape index (κ2) is 5.96. The Balaban J connectivity index is 1.96. The lowest BCUT2D eigenvalue weighted by molar-refractivity contribution is -0.134. The number of nitrogens with zero attached hydrogens (tertiary/aromatic N) is 2. The van der Waals surface area contributed by atoms with E-state index in [1.54, 1.807) is 17.3 Å². The van der Waals surface area contributed by atoms with Gasteiger partial charge in [-0.15, -0.1) is 0 Å². The lowest BCUT2D eigenvalue weighted by Gasteiger charge is -2.32. The monoisotopic (exact) mass is 247 g/mol. The van der Waals surface area contributed by atoms with E-state index < -0.39 is 0 Å². The zero-order valence-corrected chi connectivity index (χ0v) is 11.1. The van der Waals surface area contributed by atoms with Gasteiger partial charge in [0.1, 0.15) is 0 Å². The maximum absolute atomic E-state index is 12.4. The van der Waals surface area contributed by atoms with E-state index in [2.05, 4.69) is 17.2 Å². The highest BCUT2D eigenvalue weighted by atomic mass is 16.2. The summed E-state index contributed by atoms with van der Waals surface area (Å²) >= 11 is 0. The van der Waals surface area contributed by atoms with Gasteiger partial charge in [0.25, 0.3) is 0 Å². The van der Waals surface area contributed by atoms with E-state index in [1.165, 1.54) is 6.42 Å². The molecule has 2 rings (SSSR count). The molecule has 2 heterocycles. The van der Waals surface area contributed by atoms with E-state index >= 15 is 0 Å². The number of amides is 1. The lowest BCUT2D eigenvalue weighted by Crippen LogP contribution is -2.51. The summed E-state index contributed by atoms with van der Waals surface area (Å²) in [7, 11) is 1.87. The fourth-order valence-corrected chi connectivity index (χ4v) is 2.46. The van der Waals surface area contributed by atoms with Crippen molar-refractivity contribution in [3.05, 3.63) is 30.1 Å². The number of aromatic nitrogens is 1. The van der Waals surface area contributed by atoms with Gasteiger partial charge in [-0.25, -0.2) is 0 Å². The molecule has 0 radical (unpaired) electrons. The van der Waals surface area contributed by atoms with Crippen LogP contribution in [0.15, 0.2) is 24.5 Å². The number of rotatable bonds is 3. The Morgan fingerprint density at radius 2 is 2.22 bits per heavy atom. The van der Waals surface area contributed by atoms with Gasteiger partial charge < -0.3 is 10.2 Å². The summed E-state index contributed by atoms with van der Waals surface area (Å²) < 4.78 is 0. The first-order valence-corrected chi connectivity index (χ1v) is 6.55. The van der Waals surface area contributed by atoms with Gasteiger partial charge in [0.15, 0.2) is 0 Å². The Kier molecular flexibility index (Phi) is 4.31. The van der Waals surface area contributed by atoms with Crippen molar-refractivity contribution in [1.82, 2.24) is 15.2 Å². The van der Waals surface area contributed by atoms with Crippen LogP contribution in [0.2, 0.25) is 0 Å². The van der Waals surface area contributed by atoms with Crippen LogP contribution in [0.1, 0.15) is 25.3 Å². The van der Waals surface area contributed by atoms with Gasteiger partial charge in [0, 0.05) is 26.0 Å². The molecule has 98 valence electrons. The van der Waals surface area contributed by atoms with E-state index in [0.717, 1.165) is 18.5 Å². The van der Waals surface area contributed by atoms with E-state index in [1.807, 2.05) is 19.2 Å². The third-order valence-electron chi connectivity index (χ3n) is 3.58. The maximum atomic E-state index is 12.4. The summed E-state index contributed by atoms with van der Waals surface area (Å²) in [6.07, 6.45) is 5.82. The first-order valence-electron chi connectivity index (χ1n) is 6.55. The van der Waals surface area contributed by atoms with Crippen LogP contribution in [0.5, 0.6) is 0 Å². The Morgan fingerprint density at radius 1 is 1.50 bits per heavy atom. The minimum absolute atomic E-state index is 0.0226. The van der Waals surface area contributed by atoms with Gasteiger partial charge in [-0.3, -0.25) is 9.78 Å². The fourth-order valence-electron chi connectivity index (χ4n) is 2.46. The molecule has 1 saturated heterocycles. The van der Waals surface area contributed by atoms with Gasteiger partial charge in [0.2, 0.25) is 5.91 Å². The number of nitrogens with one attached hydrogen (secondary N) is 1. The van der Waals surface area contributed by atoms with E-state index in [-0.39, 0.29) is 11.9 Å². The molecule has 1 aromatic rings. The molecule has 18 heavy (non-hydrogen) atoms. The van der Waals surface area contributed by atoms with Crippen LogP contribution in [0, 0.1) is 5.92 Å². The smallest absolute Gasteiger partial charge is 0.240 e. The van der Waals surface area contributed by atoms with Crippen molar-refractivity contribution in [2.24, 2.45) is 5.92 Å². The molecule has 4 heteroatoms. The van der Waals surface area contributed by atoms with Gasteiger partial charge in [-0.1, -0.05) is 6.92 Å². The second-order valence-electron chi connectivity index (χ2n) is 5.10. The Bertz CT molecular complexity index is 393. The van der Waals surface area contributed by atoms with E-state index in [4.69, 9.17) is 0 Å². The number of carbonyl (C=O) groups is 1. The average Bonchev–Trinajstić information content (AvgIpc) is 2.39. The van der Waals surface area contributed by atoms with Crippen molar-refractivity contribution in [1.29, 1.82) is 0 Å². The summed E-state index contributed by atoms with van der Waals surface area (Å²) in [5.41, 5.74) is 1.12. The summed E-state index contributed by atoms with van der Waals surface area (Å²) in [6.45, 7) is 3.74. The highest BCUT2D eigenvalue weighted by molar-refractivity contribution is 5.82. The zero-order valence-electron chi connectivity index (χ0n) is 11.1. The van der Waals surface area contributed by atoms with Crippen molar-refractivity contribution < 1.29 is 4.79 Å². The molecule has 1 N–H and O–H groups in total. The molecule has 2 atom stereocenters. The van der Waals surface area contributed by atoms with Crippen LogP contribution in [0.25, 0.3) is 0 Å². The molecule has 1 aromatic heterocycles. The first-order chi connectivity index (χ1) is 8.68. The summed E-state index contributed by atoms with van der Waals surface area (Å²) in [4.78, 5) is 18.1. The minimum atomic E-state index is -0.0226. The first kappa shape index (κ1) is 13.0. The second-order valence-corrected chi connectivity index (χ2v) is 5.10. The van der Waals surface area contributed by atoms with Crippen LogP contribution >= 0.6 is 0 Å². The number of pyridine rings is 1. The maximum Gasteiger partial charge on any atom is 0.240 e. The molecule has 0 bridgehead atoms. The minimum Gasteiger partial charge on any atom is -0.340 e. The van der Waals surface area contributed by atoms with Gasteiger partial charge in [-0.05, 0) is 43.0 Å². The van der Waals surface area contributed by atoms with Crippen LogP contribution in [0.3, 0.4) is 0 Å². The molecule has 0 saturated carbocycles. The van der Waals surface area contributed by atoms with Crippen molar-refractivity contribution in [3.8, 4) is 0 Å². The summed E-state index contributed by atoms with van der Waals surface area (Å²) in [6, 6.07) is 3.87. The molecule has 0 aliphatic carbocycles. The SMILES string of the molecule is CC1CCCNC1C(=O)N(C)Cc1ccncc1. The van der Waals surface area contributed by atoms with Gasteiger partial charge in [-0.2, -0.15) is 0 Å². The molecule has 1 aliphatic heterocycles. The molecular weight excluding hydrogens is 226 g/mol. The fraction of sp³-hybridized carbons (Fsp3) is 0.571. The molecule has 2 unspecified atom stereocenters. The van der Waals surface area contributed by atoms with Crippen LogP contribution in [-0.4, -0.2) is 35.4 Å². The highest BCUT2D eigenvalue weighted by Gasteiger charge is 2.29. The van der Waals surface area contributed by atoms with Crippen LogP contribution < -0.4 is 5.32 Å². The lowest BCUT2D eigenvalue weighted by atomic mass is 9.92. The molecule has 1 fully saturated rings. The quantitative estimate of drug-likeness (QED) is 0.879. The normalized spacial score (nSPS) is 23.7. The molecule has 0 aromatic carbocycles. The van der Waals surface area contributed by atoms with Crippen molar-refractivity contribution >= 4 is 5.91 Å². The largest absolute Gasteiger partial charge is 0.340 e. The van der Waals surface area contributed by atoms with Crippen molar-refractivity contribution in [3.63, 3.8) is 0 Å². The third-order valence-corrected chi connectivity index (χ3v) is 3.58. The summed E-state index contributed by atoms with van der Waals surface area (Å²) in [5.74, 6) is 0.616. The molecular formula is C14H21N3O. The summed E-state index contributed by atoms with van der Waals surface area (Å²) in [5, 5.41) is 3.33. The molecule has 4 nitrogen and oxygen atoms in total. The van der Waals surface area contributed by atoms with Gasteiger partial charge >= 0.3 is 0 Å². The van der Waals surface area contributed by atoms with Crippen molar-refractivity contribution in [2.75, 3.05) is 13.6 Å². The number of hydrogen-bond donors (Lipinski definition) is 1. The molecule has 0 spiro atoms. The highest BCUT2D eigenvalue weighted by Crippen LogP contribution is 2.17. The average molecular weight is 247 g/mol. The Hall–Kier alpha value is -1.42. The molecule has 1 amide bonds. The predicted octanol–water partition coefficient (Wildman–Crippen LogP) is 1.43. The van der Waals surface area contributed by atoms with E-state index in [9.17, 15) is 4.79 Å². The number of carbonyl (C=O) groups excluding carboxylic acids is 1. The third kappa shape index (κ3) is 3.07. The topological polar surface area (TPSA) is 45.2 Å². The molecule has 1 aliphatic rings. The number of likely N-dealkylation sites (N-methyl/N-ethyl adjacent to an activating group) is 1. The van der Waals surface area contributed by atoms with E-state index in [0.29, 0.717) is 12.5 Å². The standard InChI is InChI=1S/C14H21N3O/c1-11-4-3-7-16-13(11)14(18)17(2)10-12-5-8-15-9-6-12/h5-6,8-9,11,13,16H,3-4,7,10H2,1-2H3.